The Kier molecular flexibility index (Phi) is 19.1. The van der Waals surface area contributed by atoms with Crippen LogP contribution in [0.3, 0.4) is 0 Å². The topological polar surface area (TPSA) is 74.6 Å². The molecule has 0 amide bonds. The van der Waals surface area contributed by atoms with E-state index in [1.165, 1.54) is 83.5 Å². The quantitative estimate of drug-likeness (QED) is 0.165. The van der Waals surface area contributed by atoms with Crippen LogP contribution in [0.2, 0.25) is 0 Å². The molecule has 0 saturated heterocycles. The van der Waals surface area contributed by atoms with Gasteiger partial charge in [0, 0.05) is 6.61 Å². The lowest BCUT2D eigenvalue weighted by Gasteiger charge is -2.12. The van der Waals surface area contributed by atoms with E-state index in [9.17, 15) is 13.0 Å². The number of hydrogen-bond donors (Lipinski definition) is 2. The monoisotopic (exact) mass is 406 g/mol. The fourth-order valence-electron chi connectivity index (χ4n) is 3.68. The molecule has 0 aromatic carbocycles. The van der Waals surface area contributed by atoms with Crippen LogP contribution in [-0.2, 0) is 10.1 Å². The smallest absolute Gasteiger partial charge is 0.267 e. The summed E-state index contributed by atoms with van der Waals surface area (Å²) in [6.45, 7) is 2.24. The van der Waals surface area contributed by atoms with Crippen molar-refractivity contribution in [2.75, 3.05) is 6.61 Å². The largest absolute Gasteiger partial charge is 0.396 e. The molecule has 0 aliphatic heterocycles. The highest BCUT2D eigenvalue weighted by Gasteiger charge is 2.21. The van der Waals surface area contributed by atoms with Crippen LogP contribution in [0.1, 0.15) is 129 Å². The molecular formula is C22H46O4S. The van der Waals surface area contributed by atoms with Crippen LogP contribution < -0.4 is 0 Å². The molecule has 0 aromatic heterocycles. The molecule has 0 saturated carbocycles. The maximum atomic E-state index is 11.3. The maximum Gasteiger partial charge on any atom is 0.267 e. The summed E-state index contributed by atoms with van der Waals surface area (Å²) in [6, 6.07) is 0. The first-order valence-corrected chi connectivity index (χ1v) is 13.1. The Bertz CT molecular complexity index is 395. The molecular weight excluding hydrogens is 360 g/mol. The van der Waals surface area contributed by atoms with Gasteiger partial charge in [0.25, 0.3) is 10.1 Å². The van der Waals surface area contributed by atoms with Crippen molar-refractivity contribution in [1.82, 2.24) is 0 Å². The van der Waals surface area contributed by atoms with E-state index in [-0.39, 0.29) is 6.61 Å². The van der Waals surface area contributed by atoms with Crippen LogP contribution in [0.25, 0.3) is 0 Å². The summed E-state index contributed by atoms with van der Waals surface area (Å²) in [5.41, 5.74) is 0. The van der Waals surface area contributed by atoms with E-state index in [1.807, 2.05) is 0 Å². The molecule has 0 spiro atoms. The second kappa shape index (κ2) is 19.2. The molecule has 4 nitrogen and oxygen atoms in total. The van der Waals surface area contributed by atoms with Crippen LogP contribution >= 0.6 is 0 Å². The first-order valence-electron chi connectivity index (χ1n) is 11.6. The molecule has 1 unspecified atom stereocenters. The van der Waals surface area contributed by atoms with Crippen molar-refractivity contribution in [2.45, 2.75) is 134 Å². The average Bonchev–Trinajstić information content (AvgIpc) is 2.62. The van der Waals surface area contributed by atoms with E-state index >= 15 is 0 Å². The lowest BCUT2D eigenvalue weighted by Crippen LogP contribution is -2.20. The van der Waals surface area contributed by atoms with Gasteiger partial charge >= 0.3 is 0 Å². The van der Waals surface area contributed by atoms with Gasteiger partial charge in [-0.1, -0.05) is 110 Å². The number of unbranched alkanes of at least 4 members (excludes halogenated alkanes) is 15. The van der Waals surface area contributed by atoms with E-state index < -0.39 is 15.4 Å². The number of aliphatic hydroxyl groups is 1. The molecule has 0 aliphatic rings. The number of aliphatic hydroxyl groups excluding tert-OH is 1. The summed E-state index contributed by atoms with van der Waals surface area (Å²) in [5, 5.41) is 8.12. The van der Waals surface area contributed by atoms with Gasteiger partial charge in [-0.3, -0.25) is 4.55 Å². The van der Waals surface area contributed by atoms with Crippen molar-refractivity contribution in [1.29, 1.82) is 0 Å². The van der Waals surface area contributed by atoms with E-state index in [0.29, 0.717) is 19.3 Å². The summed E-state index contributed by atoms with van der Waals surface area (Å²) in [7, 11) is -3.97. The Balaban J connectivity index is 3.35. The van der Waals surface area contributed by atoms with Crippen molar-refractivity contribution in [3.8, 4) is 0 Å². The standard InChI is InChI=1S/C22H46O4S/c1-2-3-4-5-6-7-8-9-10-11-12-13-14-15-16-17-19-22(20-18-21-23)27(24,25)26/h22-23H,2-21H2,1H3,(H,24,25,26). The van der Waals surface area contributed by atoms with Gasteiger partial charge in [-0.05, 0) is 19.3 Å². The lowest BCUT2D eigenvalue weighted by atomic mass is 10.0. The van der Waals surface area contributed by atoms with Gasteiger partial charge in [0.1, 0.15) is 0 Å². The Morgan fingerprint density at radius 1 is 0.593 bits per heavy atom. The predicted molar refractivity (Wildman–Crippen MR) is 116 cm³/mol. The fourth-order valence-corrected chi connectivity index (χ4v) is 4.61. The average molecular weight is 407 g/mol. The predicted octanol–water partition coefficient (Wildman–Crippen LogP) is 6.67. The lowest BCUT2D eigenvalue weighted by molar-refractivity contribution is 0.281. The van der Waals surface area contributed by atoms with Crippen molar-refractivity contribution >= 4 is 10.1 Å². The van der Waals surface area contributed by atoms with Gasteiger partial charge in [0.15, 0.2) is 0 Å². The van der Waals surface area contributed by atoms with Gasteiger partial charge in [-0.2, -0.15) is 8.42 Å². The van der Waals surface area contributed by atoms with E-state index in [0.717, 1.165) is 19.3 Å². The van der Waals surface area contributed by atoms with Crippen molar-refractivity contribution < 1.29 is 18.1 Å². The zero-order chi connectivity index (χ0) is 20.2. The molecule has 0 radical (unpaired) electrons. The molecule has 164 valence electrons. The van der Waals surface area contributed by atoms with Gasteiger partial charge in [-0.25, -0.2) is 0 Å². The molecule has 0 rings (SSSR count). The van der Waals surface area contributed by atoms with Crippen LogP contribution in [0.15, 0.2) is 0 Å². The Morgan fingerprint density at radius 3 is 1.26 bits per heavy atom. The molecule has 2 N–H and O–H groups in total. The minimum absolute atomic E-state index is 0.0228. The first kappa shape index (κ1) is 26.9. The molecule has 5 heteroatoms. The zero-order valence-corrected chi connectivity index (χ0v) is 18.7. The van der Waals surface area contributed by atoms with Crippen LogP contribution in [-0.4, -0.2) is 29.9 Å². The minimum Gasteiger partial charge on any atom is -0.396 e. The van der Waals surface area contributed by atoms with Crippen molar-refractivity contribution in [3.05, 3.63) is 0 Å². The molecule has 0 fully saturated rings. The highest BCUT2D eigenvalue weighted by molar-refractivity contribution is 7.86. The third-order valence-corrected chi connectivity index (χ3v) is 6.80. The second-order valence-electron chi connectivity index (χ2n) is 8.09. The van der Waals surface area contributed by atoms with Gasteiger partial charge in [0.05, 0.1) is 5.25 Å². The maximum absolute atomic E-state index is 11.3. The fraction of sp³-hybridized carbons (Fsp3) is 1.00. The second-order valence-corrected chi connectivity index (χ2v) is 9.79. The highest BCUT2D eigenvalue weighted by atomic mass is 32.2. The zero-order valence-electron chi connectivity index (χ0n) is 17.8. The highest BCUT2D eigenvalue weighted by Crippen LogP contribution is 2.18. The first-order chi connectivity index (χ1) is 13.0. The third-order valence-electron chi connectivity index (χ3n) is 5.49. The Morgan fingerprint density at radius 2 is 0.926 bits per heavy atom. The van der Waals surface area contributed by atoms with Crippen molar-refractivity contribution in [2.24, 2.45) is 0 Å². The van der Waals surface area contributed by atoms with Gasteiger partial charge in [0.2, 0.25) is 0 Å². The third kappa shape index (κ3) is 19.0. The Labute approximate surface area is 169 Å². The van der Waals surface area contributed by atoms with Gasteiger partial charge in [-0.15, -0.1) is 0 Å². The molecule has 0 aromatic rings. The number of hydrogen-bond acceptors (Lipinski definition) is 3. The normalized spacial score (nSPS) is 13.1. The summed E-state index contributed by atoms with van der Waals surface area (Å²) in [5.74, 6) is 0. The van der Waals surface area contributed by atoms with Crippen molar-refractivity contribution in [3.63, 3.8) is 0 Å². The van der Waals surface area contributed by atoms with Crippen LogP contribution in [0, 0.1) is 0 Å². The van der Waals surface area contributed by atoms with Crippen LogP contribution in [0.4, 0.5) is 0 Å². The summed E-state index contributed by atoms with van der Waals surface area (Å²) < 4.78 is 31.8. The van der Waals surface area contributed by atoms with Gasteiger partial charge < -0.3 is 5.11 Å². The van der Waals surface area contributed by atoms with E-state index in [1.54, 1.807) is 0 Å². The van der Waals surface area contributed by atoms with Crippen LogP contribution in [0.5, 0.6) is 0 Å². The summed E-state index contributed by atoms with van der Waals surface area (Å²) in [6.07, 6.45) is 22.0. The molecule has 27 heavy (non-hydrogen) atoms. The van der Waals surface area contributed by atoms with E-state index in [2.05, 4.69) is 6.92 Å². The molecule has 0 bridgehead atoms. The van der Waals surface area contributed by atoms with E-state index in [4.69, 9.17) is 5.11 Å². The number of rotatable bonds is 21. The molecule has 0 heterocycles. The summed E-state index contributed by atoms with van der Waals surface area (Å²) in [4.78, 5) is 0. The SMILES string of the molecule is CCCCCCCCCCCCCCCCCCC(CCCO)S(=O)(=O)O. The summed E-state index contributed by atoms with van der Waals surface area (Å²) >= 11 is 0. The molecule has 1 atom stereocenters. The molecule has 0 aliphatic carbocycles. The Hall–Kier alpha value is -0.130. The minimum atomic E-state index is -3.97.